The van der Waals surface area contributed by atoms with Gasteiger partial charge in [0, 0.05) is 25.4 Å². The van der Waals surface area contributed by atoms with E-state index in [1.807, 2.05) is 20.2 Å². The SMILES string of the molecule is Cc1nn(C)cc1CNC(=O)c1ccc(C#CCO)s1. The lowest BCUT2D eigenvalue weighted by Gasteiger charge is -2.01. The van der Waals surface area contributed by atoms with Crippen molar-refractivity contribution in [2.75, 3.05) is 6.61 Å². The summed E-state index contributed by atoms with van der Waals surface area (Å²) in [6, 6.07) is 3.51. The van der Waals surface area contributed by atoms with Gasteiger partial charge in [0.25, 0.3) is 5.91 Å². The van der Waals surface area contributed by atoms with E-state index in [0.29, 0.717) is 11.4 Å². The van der Waals surface area contributed by atoms with Crippen LogP contribution in [0.4, 0.5) is 0 Å². The van der Waals surface area contributed by atoms with Crippen molar-refractivity contribution >= 4 is 17.2 Å². The third-order valence-corrected chi connectivity index (χ3v) is 3.67. The Bertz CT molecular complexity index is 676. The molecular weight excluding hydrogens is 274 g/mol. The van der Waals surface area contributed by atoms with Crippen molar-refractivity contribution in [3.8, 4) is 11.8 Å². The number of rotatable bonds is 3. The van der Waals surface area contributed by atoms with Gasteiger partial charge in [-0.3, -0.25) is 9.48 Å². The predicted octanol–water partition coefficient (Wildman–Crippen LogP) is 1.06. The molecule has 0 radical (unpaired) electrons. The van der Waals surface area contributed by atoms with E-state index in [1.165, 1.54) is 11.3 Å². The number of aryl methyl sites for hydroxylation is 2. The van der Waals surface area contributed by atoms with Crippen molar-refractivity contribution in [1.29, 1.82) is 0 Å². The molecular formula is C14H15N3O2S. The average Bonchev–Trinajstić information content (AvgIpc) is 3.00. The highest BCUT2D eigenvalue weighted by Crippen LogP contribution is 2.15. The van der Waals surface area contributed by atoms with E-state index in [2.05, 4.69) is 22.3 Å². The van der Waals surface area contributed by atoms with Crippen molar-refractivity contribution in [1.82, 2.24) is 15.1 Å². The third-order valence-electron chi connectivity index (χ3n) is 2.67. The molecule has 1 amide bonds. The number of aromatic nitrogens is 2. The van der Waals surface area contributed by atoms with Crippen molar-refractivity contribution in [3.05, 3.63) is 39.3 Å². The molecule has 0 fully saturated rings. The Balaban J connectivity index is 1.98. The summed E-state index contributed by atoms with van der Waals surface area (Å²) in [6.07, 6.45) is 1.89. The van der Waals surface area contributed by atoms with Crippen molar-refractivity contribution < 1.29 is 9.90 Å². The van der Waals surface area contributed by atoms with Crippen LogP contribution in [-0.4, -0.2) is 27.4 Å². The molecule has 2 heterocycles. The topological polar surface area (TPSA) is 67.2 Å². The highest BCUT2D eigenvalue weighted by Gasteiger charge is 2.10. The van der Waals surface area contributed by atoms with Crippen molar-refractivity contribution in [2.24, 2.45) is 7.05 Å². The molecule has 0 bridgehead atoms. The molecule has 0 unspecified atom stereocenters. The lowest BCUT2D eigenvalue weighted by molar-refractivity contribution is 0.0955. The van der Waals surface area contributed by atoms with E-state index in [1.54, 1.807) is 16.8 Å². The lowest BCUT2D eigenvalue weighted by Crippen LogP contribution is -2.21. The van der Waals surface area contributed by atoms with Gasteiger partial charge in [0.1, 0.15) is 6.61 Å². The fourth-order valence-electron chi connectivity index (χ4n) is 1.74. The molecule has 0 saturated heterocycles. The number of aliphatic hydroxyl groups is 1. The van der Waals surface area contributed by atoms with Gasteiger partial charge < -0.3 is 10.4 Å². The van der Waals surface area contributed by atoms with Gasteiger partial charge in [0.15, 0.2) is 0 Å². The first-order chi connectivity index (χ1) is 9.60. The number of carbonyl (C=O) groups excluding carboxylic acids is 1. The highest BCUT2D eigenvalue weighted by atomic mass is 32.1. The maximum atomic E-state index is 12.0. The van der Waals surface area contributed by atoms with Crippen molar-refractivity contribution in [3.63, 3.8) is 0 Å². The lowest BCUT2D eigenvalue weighted by atomic mass is 10.2. The van der Waals surface area contributed by atoms with E-state index in [4.69, 9.17) is 5.11 Å². The number of carbonyl (C=O) groups is 1. The molecule has 0 atom stereocenters. The van der Waals surface area contributed by atoms with Crippen LogP contribution in [0.2, 0.25) is 0 Å². The number of amides is 1. The molecule has 2 rings (SSSR count). The van der Waals surface area contributed by atoms with Gasteiger partial charge in [-0.2, -0.15) is 5.10 Å². The Morgan fingerprint density at radius 3 is 3.00 bits per heavy atom. The molecule has 0 saturated carbocycles. The maximum absolute atomic E-state index is 12.0. The summed E-state index contributed by atoms with van der Waals surface area (Å²) >= 11 is 1.31. The molecule has 0 aliphatic heterocycles. The van der Waals surface area contributed by atoms with Gasteiger partial charge >= 0.3 is 0 Å². The largest absolute Gasteiger partial charge is 0.384 e. The third kappa shape index (κ3) is 3.47. The van der Waals surface area contributed by atoms with Gasteiger partial charge in [0.05, 0.1) is 15.4 Å². The Labute approximate surface area is 121 Å². The van der Waals surface area contributed by atoms with Gasteiger partial charge in [-0.15, -0.1) is 11.3 Å². The van der Waals surface area contributed by atoms with Crippen LogP contribution in [0.1, 0.15) is 25.8 Å². The second kappa shape index (κ2) is 6.37. The van der Waals surface area contributed by atoms with Crippen LogP contribution in [0.3, 0.4) is 0 Å². The van der Waals surface area contributed by atoms with Crippen LogP contribution in [-0.2, 0) is 13.6 Å². The first-order valence-corrected chi connectivity index (χ1v) is 6.88. The average molecular weight is 289 g/mol. The quantitative estimate of drug-likeness (QED) is 0.830. The minimum absolute atomic E-state index is 0.129. The molecule has 104 valence electrons. The van der Waals surface area contributed by atoms with Crippen LogP contribution >= 0.6 is 11.3 Å². The molecule has 6 heteroatoms. The summed E-state index contributed by atoms with van der Waals surface area (Å²) in [5, 5.41) is 15.7. The fourth-order valence-corrected chi connectivity index (χ4v) is 2.54. The number of aliphatic hydroxyl groups excluding tert-OH is 1. The summed E-state index contributed by atoms with van der Waals surface area (Å²) in [5.41, 5.74) is 1.91. The van der Waals surface area contributed by atoms with Gasteiger partial charge in [-0.1, -0.05) is 11.8 Å². The standard InChI is InChI=1S/C14H15N3O2S/c1-10-11(9-17(2)16-10)8-15-14(19)13-6-5-12(20-13)4-3-7-18/h5-6,9,18H,7-8H2,1-2H3,(H,15,19). The Morgan fingerprint density at radius 1 is 1.55 bits per heavy atom. The first-order valence-electron chi connectivity index (χ1n) is 6.07. The molecule has 2 N–H and O–H groups in total. The first kappa shape index (κ1) is 14.3. The van der Waals surface area contributed by atoms with E-state index in [-0.39, 0.29) is 12.5 Å². The predicted molar refractivity (Wildman–Crippen MR) is 77.4 cm³/mol. The molecule has 0 aliphatic rings. The summed E-state index contributed by atoms with van der Waals surface area (Å²) in [4.78, 5) is 13.4. The highest BCUT2D eigenvalue weighted by molar-refractivity contribution is 7.14. The number of hydrogen-bond acceptors (Lipinski definition) is 4. The van der Waals surface area contributed by atoms with E-state index in [0.717, 1.165) is 16.1 Å². The monoisotopic (exact) mass is 289 g/mol. The van der Waals surface area contributed by atoms with Crippen molar-refractivity contribution in [2.45, 2.75) is 13.5 Å². The Hall–Kier alpha value is -2.10. The molecule has 0 aromatic carbocycles. The minimum atomic E-state index is -0.181. The molecule has 20 heavy (non-hydrogen) atoms. The Morgan fingerprint density at radius 2 is 2.35 bits per heavy atom. The maximum Gasteiger partial charge on any atom is 0.261 e. The second-order valence-electron chi connectivity index (χ2n) is 4.22. The summed E-state index contributed by atoms with van der Waals surface area (Å²) in [6.45, 7) is 2.18. The van der Waals surface area contributed by atoms with Crippen LogP contribution < -0.4 is 5.32 Å². The molecule has 2 aromatic rings. The van der Waals surface area contributed by atoms with Gasteiger partial charge in [0.2, 0.25) is 0 Å². The van der Waals surface area contributed by atoms with Crippen LogP contribution in [0.5, 0.6) is 0 Å². The number of hydrogen-bond donors (Lipinski definition) is 2. The zero-order valence-electron chi connectivity index (χ0n) is 11.3. The minimum Gasteiger partial charge on any atom is -0.384 e. The summed E-state index contributed by atoms with van der Waals surface area (Å²) < 4.78 is 1.73. The zero-order valence-corrected chi connectivity index (χ0v) is 12.1. The number of nitrogens with zero attached hydrogens (tertiary/aromatic N) is 2. The van der Waals surface area contributed by atoms with Crippen LogP contribution in [0.15, 0.2) is 18.3 Å². The second-order valence-corrected chi connectivity index (χ2v) is 5.30. The fraction of sp³-hybridized carbons (Fsp3) is 0.286. The zero-order chi connectivity index (χ0) is 14.5. The van der Waals surface area contributed by atoms with Gasteiger partial charge in [-0.25, -0.2) is 0 Å². The van der Waals surface area contributed by atoms with Gasteiger partial charge in [-0.05, 0) is 19.1 Å². The molecule has 5 nitrogen and oxygen atoms in total. The van der Waals surface area contributed by atoms with E-state index in [9.17, 15) is 4.79 Å². The van der Waals surface area contributed by atoms with E-state index >= 15 is 0 Å². The van der Waals surface area contributed by atoms with Crippen LogP contribution in [0.25, 0.3) is 0 Å². The van der Waals surface area contributed by atoms with E-state index < -0.39 is 0 Å². The van der Waals surface area contributed by atoms with Crippen LogP contribution in [0, 0.1) is 18.8 Å². The summed E-state index contributed by atoms with van der Waals surface area (Å²) in [5.74, 6) is 5.21. The number of nitrogens with one attached hydrogen (secondary N) is 1. The molecule has 0 aliphatic carbocycles. The smallest absolute Gasteiger partial charge is 0.261 e. The number of thiophene rings is 1. The normalized spacial score (nSPS) is 9.95. The molecule has 2 aromatic heterocycles. The summed E-state index contributed by atoms with van der Waals surface area (Å²) in [7, 11) is 1.85. The molecule has 0 spiro atoms. The Kier molecular flexibility index (Phi) is 4.56.